The van der Waals surface area contributed by atoms with Crippen molar-refractivity contribution >= 4 is 17.8 Å². The van der Waals surface area contributed by atoms with Crippen LogP contribution in [0, 0.1) is 0 Å². The molecule has 0 bridgehead atoms. The monoisotopic (exact) mass is 313 g/mol. The number of hydrogen-bond donors (Lipinski definition) is 2. The largest absolute Gasteiger partial charge is 0.506 e. The number of hydrogen-bond acceptors (Lipinski definition) is 3. The molecule has 0 saturated heterocycles. The van der Waals surface area contributed by atoms with Gasteiger partial charge in [-0.3, -0.25) is 9.79 Å². The van der Waals surface area contributed by atoms with Gasteiger partial charge in [-0.2, -0.15) is 0 Å². The third kappa shape index (κ3) is 3.70. The highest BCUT2D eigenvalue weighted by atomic mass is 16.3. The Kier molecular flexibility index (Phi) is 5.23. The molecule has 0 aliphatic heterocycles. The molecule has 1 aromatic rings. The van der Waals surface area contributed by atoms with E-state index in [-0.39, 0.29) is 11.5 Å². The molecule has 0 radical (unpaired) electrons. The first-order valence-electron chi connectivity index (χ1n) is 8.68. The third-order valence-corrected chi connectivity index (χ3v) is 4.79. The number of aliphatic hydroxyl groups excluding tert-OH is 1. The van der Waals surface area contributed by atoms with E-state index in [1.54, 1.807) is 12.1 Å². The number of nitrogens with two attached hydrogens (primary N) is 1. The minimum absolute atomic E-state index is 0.0584. The first-order chi connectivity index (χ1) is 11.3. The summed E-state index contributed by atoms with van der Waals surface area (Å²) in [4.78, 5) is 16.6. The normalized spacial score (nSPS) is 18.9. The SMILES string of the molecule is O=C1C(C=NCCC[NH2+]C2CCCCC2)=C(O)c2ccccc21. The first kappa shape index (κ1) is 15.9. The second-order valence-electron chi connectivity index (χ2n) is 6.45. The fourth-order valence-corrected chi connectivity index (χ4v) is 3.47. The van der Waals surface area contributed by atoms with Crippen molar-refractivity contribution in [2.45, 2.75) is 44.6 Å². The zero-order valence-electron chi connectivity index (χ0n) is 13.5. The molecule has 0 atom stereocenters. The maximum atomic E-state index is 12.2. The molecule has 0 unspecified atom stereocenters. The number of allylic oxidation sites excluding steroid dienone is 1. The average molecular weight is 313 g/mol. The van der Waals surface area contributed by atoms with Crippen LogP contribution in [-0.4, -0.2) is 36.2 Å². The van der Waals surface area contributed by atoms with Gasteiger partial charge in [-0.05, 0) is 25.7 Å². The second kappa shape index (κ2) is 7.55. The van der Waals surface area contributed by atoms with E-state index in [0.29, 0.717) is 23.2 Å². The molecule has 2 aliphatic rings. The zero-order valence-corrected chi connectivity index (χ0v) is 13.5. The van der Waals surface area contributed by atoms with Crippen LogP contribution in [0.4, 0.5) is 0 Å². The number of quaternary nitrogens is 1. The number of rotatable bonds is 6. The fraction of sp³-hybridized carbons (Fsp3) is 0.474. The van der Waals surface area contributed by atoms with Gasteiger partial charge in [-0.15, -0.1) is 0 Å². The summed E-state index contributed by atoms with van der Waals surface area (Å²) in [5.74, 6) is -0.0706. The summed E-state index contributed by atoms with van der Waals surface area (Å²) in [7, 11) is 0. The van der Waals surface area contributed by atoms with E-state index >= 15 is 0 Å². The molecule has 122 valence electrons. The summed E-state index contributed by atoms with van der Waals surface area (Å²) in [6, 6.07) is 7.94. The lowest BCUT2D eigenvalue weighted by Crippen LogP contribution is -2.90. The summed E-state index contributed by atoms with van der Waals surface area (Å²) in [6.07, 6.45) is 9.36. The van der Waals surface area contributed by atoms with E-state index in [2.05, 4.69) is 10.3 Å². The van der Waals surface area contributed by atoms with Crippen molar-refractivity contribution in [3.8, 4) is 0 Å². The van der Waals surface area contributed by atoms with Crippen molar-refractivity contribution in [1.29, 1.82) is 0 Å². The summed E-state index contributed by atoms with van der Waals surface area (Å²) in [5.41, 5.74) is 1.50. The van der Waals surface area contributed by atoms with E-state index in [1.807, 2.05) is 12.1 Å². The topological polar surface area (TPSA) is 66.3 Å². The standard InChI is InChI=1S/C19H24N2O2/c22-18-15-9-4-5-10-16(15)19(23)17(18)13-20-11-6-12-21-14-7-2-1-3-8-14/h4-5,9-10,13-14,21-22H,1-3,6-8,11-12H2/p+1. The molecule has 1 saturated carbocycles. The van der Waals surface area contributed by atoms with Crippen LogP contribution in [0.25, 0.3) is 5.76 Å². The highest BCUT2D eigenvalue weighted by molar-refractivity contribution is 6.30. The molecular weight excluding hydrogens is 288 g/mol. The van der Waals surface area contributed by atoms with Gasteiger partial charge in [0.1, 0.15) is 5.76 Å². The highest BCUT2D eigenvalue weighted by Gasteiger charge is 2.27. The Hall–Kier alpha value is -1.94. The maximum absolute atomic E-state index is 12.2. The van der Waals surface area contributed by atoms with Gasteiger partial charge in [0.05, 0.1) is 18.2 Å². The van der Waals surface area contributed by atoms with Crippen molar-refractivity contribution in [3.05, 3.63) is 41.0 Å². The van der Waals surface area contributed by atoms with Gasteiger partial charge in [-0.25, -0.2) is 0 Å². The van der Waals surface area contributed by atoms with Crippen LogP contribution >= 0.6 is 0 Å². The summed E-state index contributed by atoms with van der Waals surface area (Å²) in [5, 5.41) is 12.6. The van der Waals surface area contributed by atoms with Crippen LogP contribution in [0.2, 0.25) is 0 Å². The predicted octanol–water partition coefficient (Wildman–Crippen LogP) is 2.51. The van der Waals surface area contributed by atoms with Crippen molar-refractivity contribution < 1.29 is 15.2 Å². The zero-order chi connectivity index (χ0) is 16.1. The molecule has 4 heteroatoms. The lowest BCUT2D eigenvalue weighted by atomic mass is 9.95. The molecule has 3 rings (SSSR count). The Bertz CT molecular complexity index is 628. The van der Waals surface area contributed by atoms with Crippen LogP contribution in [0.15, 0.2) is 34.8 Å². The van der Waals surface area contributed by atoms with Crippen molar-refractivity contribution in [2.24, 2.45) is 4.99 Å². The Morgan fingerprint density at radius 3 is 2.65 bits per heavy atom. The van der Waals surface area contributed by atoms with Crippen LogP contribution in [0.3, 0.4) is 0 Å². The molecule has 0 amide bonds. The molecular formula is C19H25N2O2+. The Morgan fingerprint density at radius 1 is 1.17 bits per heavy atom. The third-order valence-electron chi connectivity index (χ3n) is 4.79. The minimum atomic E-state index is -0.129. The van der Waals surface area contributed by atoms with Crippen LogP contribution in [0.5, 0.6) is 0 Å². The molecule has 0 spiro atoms. The quantitative estimate of drug-likeness (QED) is 0.626. The molecule has 4 nitrogen and oxygen atoms in total. The Labute approximate surface area is 137 Å². The van der Waals surface area contributed by atoms with Gasteiger partial charge in [-0.1, -0.05) is 30.7 Å². The molecule has 3 N–H and O–H groups in total. The average Bonchev–Trinajstić information content (AvgIpc) is 2.84. The number of carbonyl (C=O) groups is 1. The van der Waals surface area contributed by atoms with Crippen molar-refractivity contribution in [2.75, 3.05) is 13.1 Å². The number of fused-ring (bicyclic) bond motifs is 1. The molecule has 1 aromatic carbocycles. The van der Waals surface area contributed by atoms with Crippen molar-refractivity contribution in [3.63, 3.8) is 0 Å². The van der Waals surface area contributed by atoms with E-state index in [0.717, 1.165) is 19.0 Å². The van der Waals surface area contributed by atoms with Gasteiger partial charge < -0.3 is 10.4 Å². The second-order valence-corrected chi connectivity index (χ2v) is 6.45. The molecule has 1 fully saturated rings. The van der Waals surface area contributed by atoms with E-state index in [4.69, 9.17) is 0 Å². The van der Waals surface area contributed by atoms with E-state index in [9.17, 15) is 9.90 Å². The molecule has 2 aliphatic carbocycles. The fourth-order valence-electron chi connectivity index (χ4n) is 3.47. The number of carbonyl (C=O) groups excluding carboxylic acids is 1. The molecule has 23 heavy (non-hydrogen) atoms. The number of aliphatic imine (C=N–C) groups is 1. The maximum Gasteiger partial charge on any atom is 0.199 e. The first-order valence-corrected chi connectivity index (χ1v) is 8.68. The predicted molar refractivity (Wildman–Crippen MR) is 92.0 cm³/mol. The lowest BCUT2D eigenvalue weighted by molar-refractivity contribution is -0.691. The van der Waals surface area contributed by atoms with E-state index in [1.165, 1.54) is 38.3 Å². The Morgan fingerprint density at radius 2 is 1.91 bits per heavy atom. The number of aliphatic hydroxyl groups is 1. The van der Waals surface area contributed by atoms with Crippen LogP contribution in [0.1, 0.15) is 54.4 Å². The number of nitrogens with zero attached hydrogens (tertiary/aromatic N) is 1. The lowest BCUT2D eigenvalue weighted by Gasteiger charge is -2.19. The van der Waals surface area contributed by atoms with Gasteiger partial charge in [0.2, 0.25) is 0 Å². The molecule has 0 heterocycles. The summed E-state index contributed by atoms with van der Waals surface area (Å²) >= 11 is 0. The summed E-state index contributed by atoms with van der Waals surface area (Å²) in [6.45, 7) is 1.78. The van der Waals surface area contributed by atoms with Gasteiger partial charge >= 0.3 is 0 Å². The van der Waals surface area contributed by atoms with E-state index < -0.39 is 0 Å². The Balaban J connectivity index is 1.46. The molecule has 0 aromatic heterocycles. The van der Waals surface area contributed by atoms with Gasteiger partial charge in [0.25, 0.3) is 0 Å². The van der Waals surface area contributed by atoms with Crippen LogP contribution in [-0.2, 0) is 0 Å². The number of benzene rings is 1. The smallest absolute Gasteiger partial charge is 0.199 e. The van der Waals surface area contributed by atoms with Crippen molar-refractivity contribution in [1.82, 2.24) is 0 Å². The number of Topliss-reactive ketones (excluding diaryl/α,β-unsaturated/α-hetero) is 1. The van der Waals surface area contributed by atoms with Crippen LogP contribution < -0.4 is 5.32 Å². The van der Waals surface area contributed by atoms with Gasteiger partial charge in [0.15, 0.2) is 5.78 Å². The van der Waals surface area contributed by atoms with Gasteiger partial charge in [0, 0.05) is 30.3 Å². The number of ketones is 1. The minimum Gasteiger partial charge on any atom is -0.506 e. The summed E-state index contributed by atoms with van der Waals surface area (Å²) < 4.78 is 0. The highest BCUT2D eigenvalue weighted by Crippen LogP contribution is 2.29.